The van der Waals surface area contributed by atoms with Crippen molar-refractivity contribution >= 4 is 72.8 Å². The third kappa shape index (κ3) is 38.1. The molecule has 0 aliphatic carbocycles. The zero-order valence-electron chi connectivity index (χ0n) is 28.3. The Morgan fingerprint density at radius 3 is 0.619 bits per heavy atom. The molecular formula is C32H60BaO8Zn. The van der Waals surface area contributed by atoms with E-state index in [2.05, 4.69) is 27.7 Å². The second-order valence-corrected chi connectivity index (χ2v) is 10.3. The Balaban J connectivity index is -0.000000101. The van der Waals surface area contributed by atoms with Crippen LogP contribution < -0.4 is 20.4 Å². The van der Waals surface area contributed by atoms with E-state index >= 15 is 0 Å². The van der Waals surface area contributed by atoms with E-state index in [1.165, 1.54) is 0 Å². The van der Waals surface area contributed by atoms with Crippen molar-refractivity contribution < 1.29 is 59.1 Å². The smallest absolute Gasteiger partial charge is 0.550 e. The fraction of sp³-hybridized carbons (Fsp3) is 0.875. The van der Waals surface area contributed by atoms with Gasteiger partial charge in [0.15, 0.2) is 0 Å². The molecule has 8 nitrogen and oxygen atoms in total. The molecule has 0 amide bonds. The number of aliphatic carboxylic acids is 4. The second-order valence-electron chi connectivity index (χ2n) is 10.3. The van der Waals surface area contributed by atoms with Crippen molar-refractivity contribution in [3.8, 4) is 0 Å². The third-order valence-corrected chi connectivity index (χ3v) is 6.93. The Hall–Kier alpha value is 0.0748. The fourth-order valence-corrected chi connectivity index (χ4v) is 3.76. The zero-order valence-corrected chi connectivity index (χ0v) is 35.7. The number of hydrogen-bond acceptors (Lipinski definition) is 8. The van der Waals surface area contributed by atoms with Crippen LogP contribution in [0.25, 0.3) is 0 Å². The molecule has 0 bridgehead atoms. The van der Waals surface area contributed by atoms with E-state index in [0.29, 0.717) is 25.7 Å². The molecule has 10 heteroatoms. The van der Waals surface area contributed by atoms with Crippen molar-refractivity contribution in [1.29, 1.82) is 0 Å². The first-order chi connectivity index (χ1) is 18.9. The van der Waals surface area contributed by atoms with Gasteiger partial charge in [-0.3, -0.25) is 0 Å². The summed E-state index contributed by atoms with van der Waals surface area (Å²) < 4.78 is 0. The molecule has 0 aromatic heterocycles. The van der Waals surface area contributed by atoms with E-state index < -0.39 is 23.9 Å². The normalized spacial score (nSPS) is 12.4. The molecule has 0 heterocycles. The molecule has 0 aliphatic heterocycles. The van der Waals surface area contributed by atoms with Crippen molar-refractivity contribution in [2.75, 3.05) is 0 Å². The van der Waals surface area contributed by atoms with E-state index in [9.17, 15) is 39.6 Å². The summed E-state index contributed by atoms with van der Waals surface area (Å²) in [4.78, 5) is 41.3. The van der Waals surface area contributed by atoms with Crippen molar-refractivity contribution in [1.82, 2.24) is 0 Å². The van der Waals surface area contributed by atoms with Crippen LogP contribution in [0, 0.1) is 23.7 Å². The average Bonchev–Trinajstić information content (AvgIpc) is 2.91. The molecule has 0 fully saturated rings. The van der Waals surface area contributed by atoms with Gasteiger partial charge in [0, 0.05) is 23.9 Å². The number of carboxylic acid groups (broad SMARTS) is 4. The summed E-state index contributed by atoms with van der Waals surface area (Å²) >= 11 is 0. The van der Waals surface area contributed by atoms with E-state index in [0.717, 1.165) is 77.0 Å². The minimum atomic E-state index is -0.893. The van der Waals surface area contributed by atoms with Gasteiger partial charge in [0.2, 0.25) is 0 Å². The Morgan fingerprint density at radius 2 is 0.548 bits per heavy atom. The van der Waals surface area contributed by atoms with Gasteiger partial charge in [0.05, 0.1) is 0 Å². The van der Waals surface area contributed by atoms with Crippen LogP contribution in [0.2, 0.25) is 0 Å². The SMILES string of the molecule is CCCCC(CC)C(=O)[O-].CCCCC(CC)C(=O)[O-].CCCCC(CC)C(=O)[O-].CCCCC(CC)C(=O)[O-].[Ba+2].[Zn+2]. The van der Waals surface area contributed by atoms with E-state index in [4.69, 9.17) is 0 Å². The van der Waals surface area contributed by atoms with Crippen LogP contribution in [0.1, 0.15) is 158 Å². The van der Waals surface area contributed by atoms with Gasteiger partial charge in [-0.15, -0.1) is 0 Å². The molecule has 4 unspecified atom stereocenters. The van der Waals surface area contributed by atoms with Crippen LogP contribution in [0.15, 0.2) is 0 Å². The summed E-state index contributed by atoms with van der Waals surface area (Å²) in [5.74, 6) is -4.46. The van der Waals surface area contributed by atoms with Crippen molar-refractivity contribution in [3.05, 3.63) is 0 Å². The van der Waals surface area contributed by atoms with Crippen LogP contribution in [0.4, 0.5) is 0 Å². The number of rotatable bonds is 20. The molecule has 0 radical (unpaired) electrons. The number of carboxylic acids is 4. The minimum absolute atomic E-state index is 0. The molecule has 0 rings (SSSR count). The third-order valence-electron chi connectivity index (χ3n) is 6.93. The molecule has 42 heavy (non-hydrogen) atoms. The first kappa shape index (κ1) is 54.5. The summed E-state index contributed by atoms with van der Waals surface area (Å²) in [6.07, 6.45) is 14.1. The van der Waals surface area contributed by atoms with Gasteiger partial charge in [0.1, 0.15) is 0 Å². The zero-order chi connectivity index (χ0) is 31.9. The van der Waals surface area contributed by atoms with Crippen LogP contribution >= 0.6 is 0 Å². The Labute approximate surface area is 310 Å². The quantitative estimate of drug-likeness (QED) is 0.170. The molecule has 0 aliphatic rings. The van der Waals surface area contributed by atoms with Crippen LogP contribution in [0.5, 0.6) is 0 Å². The standard InChI is InChI=1S/4C8H16O2.Ba.Zn/c4*1-3-5-6-7(4-2)8(9)10;;/h4*7H,3-6H2,1-2H3,(H,9,10);;/q;;;;2*+2/p-4. The fourth-order valence-electron chi connectivity index (χ4n) is 3.76. The first-order valence-corrected chi connectivity index (χ1v) is 15.7. The number of hydrogen-bond donors (Lipinski definition) is 0. The first-order valence-electron chi connectivity index (χ1n) is 15.7. The summed E-state index contributed by atoms with van der Waals surface area (Å²) in [7, 11) is 0. The van der Waals surface area contributed by atoms with Crippen LogP contribution in [-0.4, -0.2) is 72.8 Å². The summed E-state index contributed by atoms with van der Waals surface area (Å²) in [5, 5.41) is 41.3. The Kier molecular flexibility index (Phi) is 53.3. The van der Waals surface area contributed by atoms with Crippen molar-refractivity contribution in [2.24, 2.45) is 23.7 Å². The molecule has 0 saturated heterocycles. The Morgan fingerprint density at radius 1 is 0.405 bits per heavy atom. The molecule has 4 atom stereocenters. The Bertz CT molecular complexity index is 515. The van der Waals surface area contributed by atoms with Gasteiger partial charge < -0.3 is 39.6 Å². The van der Waals surface area contributed by atoms with Gasteiger partial charge in [-0.25, -0.2) is 0 Å². The molecule has 0 spiro atoms. The second kappa shape index (κ2) is 41.1. The van der Waals surface area contributed by atoms with Crippen LogP contribution in [0.3, 0.4) is 0 Å². The van der Waals surface area contributed by atoms with Gasteiger partial charge >= 0.3 is 68.4 Å². The molecule has 0 N–H and O–H groups in total. The number of carbonyl (C=O) groups is 4. The van der Waals surface area contributed by atoms with E-state index in [-0.39, 0.29) is 92.0 Å². The minimum Gasteiger partial charge on any atom is -0.550 e. The van der Waals surface area contributed by atoms with E-state index in [1.54, 1.807) is 0 Å². The van der Waals surface area contributed by atoms with Crippen molar-refractivity contribution in [2.45, 2.75) is 158 Å². The average molecular weight is 776 g/mol. The maximum Gasteiger partial charge on any atom is 2.00 e. The number of carbonyl (C=O) groups excluding carboxylic acids is 4. The van der Waals surface area contributed by atoms with Gasteiger partial charge in [-0.1, -0.05) is 107 Å². The van der Waals surface area contributed by atoms with E-state index in [1.807, 2.05) is 27.7 Å². The predicted molar refractivity (Wildman–Crippen MR) is 159 cm³/mol. The maximum atomic E-state index is 10.3. The monoisotopic (exact) mass is 774 g/mol. The van der Waals surface area contributed by atoms with Gasteiger partial charge in [-0.2, -0.15) is 0 Å². The molecule has 0 saturated carbocycles. The van der Waals surface area contributed by atoms with Gasteiger partial charge in [0.25, 0.3) is 0 Å². The summed E-state index contributed by atoms with van der Waals surface area (Å²) in [5.41, 5.74) is 0. The molecular weight excluding hydrogens is 715 g/mol. The van der Waals surface area contributed by atoms with Crippen LogP contribution in [-0.2, 0) is 38.7 Å². The predicted octanol–water partition coefficient (Wildman–Crippen LogP) is 3.43. The molecule has 240 valence electrons. The van der Waals surface area contributed by atoms with Gasteiger partial charge in [-0.05, 0) is 75.0 Å². The summed E-state index contributed by atoms with van der Waals surface area (Å²) in [6.45, 7) is 15.8. The molecule has 0 aromatic carbocycles. The molecule has 0 aromatic rings. The van der Waals surface area contributed by atoms with Crippen molar-refractivity contribution in [3.63, 3.8) is 0 Å². The topological polar surface area (TPSA) is 161 Å². The maximum absolute atomic E-state index is 10.3. The summed E-state index contributed by atoms with van der Waals surface area (Å²) in [6, 6.07) is 0. The largest absolute Gasteiger partial charge is 2.00 e. The number of unbranched alkanes of at least 4 members (excludes halogenated alkanes) is 4.